The number of amides is 3. The van der Waals surface area contributed by atoms with Gasteiger partial charge in [-0.15, -0.1) is 0 Å². The summed E-state index contributed by atoms with van der Waals surface area (Å²) in [5, 5.41) is 0. The van der Waals surface area contributed by atoms with Crippen LogP contribution in [0.25, 0.3) is 6.08 Å². The van der Waals surface area contributed by atoms with Crippen LogP contribution in [0.4, 0.5) is 0 Å². The topological polar surface area (TPSA) is 101 Å². The number of pyridine rings is 1. The van der Waals surface area contributed by atoms with Gasteiger partial charge in [0.25, 0.3) is 11.8 Å². The molecule has 2 aromatic rings. The van der Waals surface area contributed by atoms with Gasteiger partial charge in [0.05, 0.1) is 17.6 Å². The van der Waals surface area contributed by atoms with E-state index in [0.717, 1.165) is 5.56 Å². The molecule has 3 rings (SSSR count). The highest BCUT2D eigenvalue weighted by Crippen LogP contribution is 2.33. The van der Waals surface area contributed by atoms with E-state index in [9.17, 15) is 14.4 Å². The second kappa shape index (κ2) is 10.7. The van der Waals surface area contributed by atoms with E-state index in [1.54, 1.807) is 31.5 Å². The molecule has 0 spiro atoms. The molecule has 1 aliphatic rings. The number of thiocarbonyl (C=S) groups is 1. The van der Waals surface area contributed by atoms with E-state index in [1.165, 1.54) is 22.9 Å². The summed E-state index contributed by atoms with van der Waals surface area (Å²) in [5.74, 6) is -0.315. The lowest BCUT2D eigenvalue weighted by molar-refractivity contribution is -0.124. The number of hydrogen-bond acceptors (Lipinski definition) is 7. The summed E-state index contributed by atoms with van der Waals surface area (Å²) >= 11 is 6.54. The van der Waals surface area contributed by atoms with E-state index in [2.05, 4.69) is 15.8 Å². The van der Waals surface area contributed by atoms with Crippen molar-refractivity contribution in [1.29, 1.82) is 0 Å². The molecule has 0 atom stereocenters. The minimum atomic E-state index is -0.457. The van der Waals surface area contributed by atoms with Gasteiger partial charge >= 0.3 is 0 Å². The summed E-state index contributed by atoms with van der Waals surface area (Å²) in [6.07, 6.45) is 5.24. The molecule has 2 heterocycles. The lowest BCUT2D eigenvalue weighted by atomic mass is 10.2. The number of hydrazine groups is 1. The van der Waals surface area contributed by atoms with Gasteiger partial charge in [-0.25, -0.2) is 0 Å². The molecule has 8 nitrogen and oxygen atoms in total. The van der Waals surface area contributed by atoms with Crippen LogP contribution in [0.15, 0.2) is 53.7 Å². The zero-order chi connectivity index (χ0) is 22.2. The summed E-state index contributed by atoms with van der Waals surface area (Å²) in [4.78, 5) is 42.4. The molecule has 1 aromatic heterocycles. The maximum absolute atomic E-state index is 12.7. The van der Waals surface area contributed by atoms with Crippen LogP contribution in [0.2, 0.25) is 0 Å². The Kier molecular flexibility index (Phi) is 7.74. The number of thioether (sulfide) groups is 1. The molecule has 31 heavy (non-hydrogen) atoms. The Bertz CT molecular complexity index is 1030. The summed E-state index contributed by atoms with van der Waals surface area (Å²) in [6, 6.07) is 10.6. The van der Waals surface area contributed by atoms with Gasteiger partial charge in [0.15, 0.2) is 0 Å². The number of nitrogens with zero attached hydrogens (tertiary/aromatic N) is 2. The third kappa shape index (κ3) is 6.12. The van der Waals surface area contributed by atoms with Crippen molar-refractivity contribution in [2.75, 3.05) is 13.7 Å². The molecule has 1 aliphatic heterocycles. The molecule has 0 aliphatic carbocycles. The van der Waals surface area contributed by atoms with Crippen molar-refractivity contribution in [3.8, 4) is 5.75 Å². The van der Waals surface area contributed by atoms with Gasteiger partial charge in [-0.3, -0.25) is 35.1 Å². The summed E-state index contributed by atoms with van der Waals surface area (Å²) in [7, 11) is 1.58. The Labute approximate surface area is 189 Å². The van der Waals surface area contributed by atoms with Gasteiger partial charge in [-0.2, -0.15) is 0 Å². The van der Waals surface area contributed by atoms with Crippen LogP contribution in [0.3, 0.4) is 0 Å². The number of carbonyl (C=O) groups excluding carboxylic acids is 3. The fraction of sp³-hybridized carbons (Fsp3) is 0.190. The van der Waals surface area contributed by atoms with Crippen LogP contribution in [-0.4, -0.2) is 45.6 Å². The predicted octanol–water partition coefficient (Wildman–Crippen LogP) is 2.53. The average molecular weight is 457 g/mol. The van der Waals surface area contributed by atoms with Crippen LogP contribution >= 0.6 is 24.0 Å². The van der Waals surface area contributed by atoms with Crippen LogP contribution < -0.4 is 15.6 Å². The summed E-state index contributed by atoms with van der Waals surface area (Å²) in [6.45, 7) is 0.310. The zero-order valence-electron chi connectivity index (χ0n) is 16.7. The first-order valence-electron chi connectivity index (χ1n) is 9.36. The molecule has 1 fully saturated rings. The number of hydrogen-bond donors (Lipinski definition) is 2. The largest absolute Gasteiger partial charge is 0.497 e. The second-order valence-corrected chi connectivity index (χ2v) is 8.13. The first kappa shape index (κ1) is 22.4. The van der Waals surface area contributed by atoms with E-state index in [4.69, 9.17) is 17.0 Å². The van der Waals surface area contributed by atoms with Crippen LogP contribution in [0.1, 0.15) is 28.8 Å². The van der Waals surface area contributed by atoms with Crippen molar-refractivity contribution >= 4 is 52.1 Å². The highest BCUT2D eigenvalue weighted by molar-refractivity contribution is 8.26. The number of aromatic nitrogens is 1. The number of ether oxygens (including phenoxy) is 1. The molecule has 0 unspecified atom stereocenters. The fourth-order valence-corrected chi connectivity index (χ4v) is 4.04. The highest BCUT2D eigenvalue weighted by atomic mass is 32.2. The minimum absolute atomic E-state index is 0.124. The fourth-order valence-electron chi connectivity index (χ4n) is 2.73. The molecule has 10 heteroatoms. The highest BCUT2D eigenvalue weighted by Gasteiger charge is 2.31. The van der Waals surface area contributed by atoms with Crippen molar-refractivity contribution < 1.29 is 19.1 Å². The SMILES string of the molecule is COc1cccc(C=C2SC(=S)N(CCCC(=O)NNC(=O)c3cccnc3)C2=O)c1. The average Bonchev–Trinajstić information content (AvgIpc) is 3.05. The third-order valence-corrected chi connectivity index (χ3v) is 5.67. The van der Waals surface area contributed by atoms with Crippen molar-refractivity contribution in [3.05, 3.63) is 64.8 Å². The van der Waals surface area contributed by atoms with Crippen LogP contribution in [0.5, 0.6) is 5.75 Å². The minimum Gasteiger partial charge on any atom is -0.497 e. The van der Waals surface area contributed by atoms with Crippen molar-refractivity contribution in [1.82, 2.24) is 20.7 Å². The van der Waals surface area contributed by atoms with Gasteiger partial charge in [0.2, 0.25) is 5.91 Å². The lowest BCUT2D eigenvalue weighted by Crippen LogP contribution is -2.42. The predicted molar refractivity (Wildman–Crippen MR) is 122 cm³/mol. The first-order chi connectivity index (χ1) is 15.0. The smallest absolute Gasteiger partial charge is 0.271 e. The standard InChI is InChI=1S/C21H20N4O4S2/c1-29-16-7-2-5-14(11-16)12-17-20(28)25(21(30)31-17)10-4-8-18(26)23-24-19(27)15-6-3-9-22-13-15/h2-3,5-7,9,11-13H,4,8,10H2,1H3,(H,23,26)(H,24,27). The van der Waals surface area contributed by atoms with Gasteiger partial charge in [0.1, 0.15) is 10.1 Å². The Morgan fingerprint density at radius 1 is 1.26 bits per heavy atom. The Morgan fingerprint density at radius 2 is 2.10 bits per heavy atom. The van der Waals surface area contributed by atoms with Crippen LogP contribution in [0, 0.1) is 0 Å². The van der Waals surface area contributed by atoms with Gasteiger partial charge in [-0.1, -0.05) is 36.1 Å². The van der Waals surface area contributed by atoms with E-state index in [-0.39, 0.29) is 18.2 Å². The first-order valence-corrected chi connectivity index (χ1v) is 10.6. The molecule has 0 saturated carbocycles. The molecule has 1 saturated heterocycles. The molecular formula is C21H20N4O4S2. The second-order valence-electron chi connectivity index (χ2n) is 6.46. The molecule has 2 N–H and O–H groups in total. The zero-order valence-corrected chi connectivity index (χ0v) is 18.3. The van der Waals surface area contributed by atoms with Gasteiger partial charge in [-0.05, 0) is 42.3 Å². The summed E-state index contributed by atoms with van der Waals surface area (Å²) < 4.78 is 5.65. The number of benzene rings is 1. The monoisotopic (exact) mass is 456 g/mol. The molecule has 3 amide bonds. The Morgan fingerprint density at radius 3 is 2.84 bits per heavy atom. The molecule has 0 bridgehead atoms. The molecular weight excluding hydrogens is 436 g/mol. The normalized spacial score (nSPS) is 14.6. The molecule has 0 radical (unpaired) electrons. The number of nitrogens with one attached hydrogen (secondary N) is 2. The number of methoxy groups -OCH3 is 1. The Balaban J connectivity index is 1.47. The maximum atomic E-state index is 12.7. The van der Waals surface area contributed by atoms with Crippen molar-refractivity contribution in [2.45, 2.75) is 12.8 Å². The quantitative estimate of drug-likeness (QED) is 0.375. The van der Waals surface area contributed by atoms with Crippen molar-refractivity contribution in [2.24, 2.45) is 0 Å². The lowest BCUT2D eigenvalue weighted by Gasteiger charge is -2.14. The van der Waals surface area contributed by atoms with E-state index < -0.39 is 5.91 Å². The van der Waals surface area contributed by atoms with Gasteiger partial charge < -0.3 is 4.74 Å². The summed E-state index contributed by atoms with van der Waals surface area (Å²) in [5.41, 5.74) is 5.85. The number of carbonyl (C=O) groups is 3. The van der Waals surface area contributed by atoms with Gasteiger partial charge in [0, 0.05) is 25.4 Å². The van der Waals surface area contributed by atoms with Crippen LogP contribution in [-0.2, 0) is 9.59 Å². The van der Waals surface area contributed by atoms with E-state index in [1.807, 2.05) is 24.3 Å². The third-order valence-electron chi connectivity index (χ3n) is 4.29. The number of rotatable bonds is 7. The molecule has 1 aromatic carbocycles. The van der Waals surface area contributed by atoms with E-state index >= 15 is 0 Å². The van der Waals surface area contributed by atoms with Crippen molar-refractivity contribution in [3.63, 3.8) is 0 Å². The molecule has 160 valence electrons. The Hall–Kier alpha value is -3.24. The maximum Gasteiger partial charge on any atom is 0.271 e. The van der Waals surface area contributed by atoms with E-state index in [0.29, 0.717) is 33.5 Å².